The van der Waals surface area contributed by atoms with E-state index in [9.17, 15) is 34.8 Å². The van der Waals surface area contributed by atoms with Crippen LogP contribution in [0.2, 0.25) is 0 Å². The molecule has 11 heteroatoms. The van der Waals surface area contributed by atoms with Crippen LogP contribution < -0.4 is 0 Å². The monoisotopic (exact) mass is 340 g/mol. The molecule has 0 aliphatic carbocycles. The summed E-state index contributed by atoms with van der Waals surface area (Å²) in [5.74, 6) is -2.77. The minimum Gasteiger partial charge on any atom is -0.450 e. The number of rotatable bonds is 11. The molecule has 0 aromatic heterocycles. The molecule has 11 nitrogen and oxygen atoms in total. The van der Waals surface area contributed by atoms with Crippen molar-refractivity contribution in [2.45, 2.75) is 36.6 Å². The molecule has 0 radical (unpaired) electrons. The summed E-state index contributed by atoms with van der Waals surface area (Å²) in [7, 11) is 0.935. The Hall–Kier alpha value is -1.47. The first-order valence-corrected chi connectivity index (χ1v) is 6.41. The fraction of sp³-hybridized carbons (Fsp3) is 0.750. The van der Waals surface area contributed by atoms with Gasteiger partial charge in [0.2, 0.25) is 0 Å². The van der Waals surface area contributed by atoms with E-state index in [1.165, 1.54) is 0 Å². The van der Waals surface area contributed by atoms with Gasteiger partial charge in [0.1, 0.15) is 18.3 Å². The van der Waals surface area contributed by atoms with E-state index in [1.807, 2.05) is 0 Å². The maximum Gasteiger partial charge on any atom is 0.339 e. The summed E-state index contributed by atoms with van der Waals surface area (Å²) >= 11 is 0. The second-order valence-electron chi connectivity index (χ2n) is 4.48. The number of ketones is 1. The van der Waals surface area contributed by atoms with Gasteiger partial charge in [0.05, 0.1) is 13.2 Å². The van der Waals surface area contributed by atoms with Gasteiger partial charge in [-0.15, -0.1) is 0 Å². The van der Waals surface area contributed by atoms with Crippen molar-refractivity contribution in [2.75, 3.05) is 20.3 Å². The van der Waals surface area contributed by atoms with Gasteiger partial charge in [-0.3, -0.25) is 9.59 Å². The average Bonchev–Trinajstić information content (AvgIpc) is 2.57. The van der Waals surface area contributed by atoms with Crippen LogP contribution in [0.3, 0.4) is 0 Å². The van der Waals surface area contributed by atoms with Crippen molar-refractivity contribution in [1.29, 1.82) is 0 Å². The van der Waals surface area contributed by atoms with E-state index in [1.54, 1.807) is 0 Å². The molecule has 6 N–H and O–H groups in total. The first-order chi connectivity index (χ1) is 10.7. The first kappa shape index (κ1) is 21.5. The second-order valence-corrected chi connectivity index (χ2v) is 4.48. The summed E-state index contributed by atoms with van der Waals surface area (Å²) in [6, 6.07) is 0. The Labute approximate surface area is 130 Å². The summed E-state index contributed by atoms with van der Waals surface area (Å²) in [5, 5.41) is 54.8. The average molecular weight is 340 g/mol. The molecule has 0 aromatic rings. The van der Waals surface area contributed by atoms with Crippen molar-refractivity contribution in [2.24, 2.45) is 0 Å². The molecule has 0 heterocycles. The SMILES string of the molecule is CO[C@@H](C(=O)[C@@H](O)CO)[C@H](O)C(=O)O[C@@H](C=O)[C@@H](O)[C@H](O)CO. The van der Waals surface area contributed by atoms with Crippen LogP contribution in [0.5, 0.6) is 0 Å². The number of carbonyl (C=O) groups excluding carboxylic acids is 3. The van der Waals surface area contributed by atoms with Crippen molar-refractivity contribution in [3.63, 3.8) is 0 Å². The maximum absolute atomic E-state index is 11.7. The molecular weight excluding hydrogens is 320 g/mol. The van der Waals surface area contributed by atoms with Crippen LogP contribution in [0, 0.1) is 0 Å². The second kappa shape index (κ2) is 10.3. The van der Waals surface area contributed by atoms with Crippen LogP contribution >= 0.6 is 0 Å². The number of methoxy groups -OCH3 is 1. The van der Waals surface area contributed by atoms with E-state index < -0.39 is 61.6 Å². The van der Waals surface area contributed by atoms with E-state index in [-0.39, 0.29) is 6.29 Å². The van der Waals surface area contributed by atoms with Crippen LogP contribution in [-0.4, -0.2) is 106 Å². The van der Waals surface area contributed by atoms with Gasteiger partial charge >= 0.3 is 5.97 Å². The summed E-state index contributed by atoms with van der Waals surface area (Å²) in [5.41, 5.74) is 0. The number of aldehydes is 1. The van der Waals surface area contributed by atoms with Gasteiger partial charge in [0.15, 0.2) is 30.4 Å². The van der Waals surface area contributed by atoms with Gasteiger partial charge in [-0.2, -0.15) is 0 Å². The van der Waals surface area contributed by atoms with E-state index >= 15 is 0 Å². The normalized spacial score (nSPS) is 19.1. The minimum atomic E-state index is -2.27. The molecule has 6 atom stereocenters. The van der Waals surface area contributed by atoms with Crippen LogP contribution in [0.1, 0.15) is 0 Å². The number of hydrogen-bond acceptors (Lipinski definition) is 11. The number of carbonyl (C=O) groups is 3. The van der Waals surface area contributed by atoms with Gasteiger partial charge in [0, 0.05) is 7.11 Å². The highest BCUT2D eigenvalue weighted by Crippen LogP contribution is 2.09. The molecule has 0 amide bonds. The lowest BCUT2D eigenvalue weighted by Gasteiger charge is -2.25. The molecule has 134 valence electrons. The molecule has 0 bridgehead atoms. The van der Waals surface area contributed by atoms with Gasteiger partial charge in [-0.1, -0.05) is 0 Å². The lowest BCUT2D eigenvalue weighted by atomic mass is 10.0. The van der Waals surface area contributed by atoms with Gasteiger partial charge in [0.25, 0.3) is 0 Å². The third kappa shape index (κ3) is 5.91. The van der Waals surface area contributed by atoms with Crippen molar-refractivity contribution in [3.05, 3.63) is 0 Å². The van der Waals surface area contributed by atoms with Crippen LogP contribution in [0.4, 0.5) is 0 Å². The molecule has 0 saturated carbocycles. The highest BCUT2D eigenvalue weighted by molar-refractivity contribution is 5.93. The first-order valence-electron chi connectivity index (χ1n) is 6.41. The van der Waals surface area contributed by atoms with Crippen LogP contribution in [0.15, 0.2) is 0 Å². The third-order valence-electron chi connectivity index (χ3n) is 2.87. The zero-order valence-corrected chi connectivity index (χ0v) is 12.2. The minimum absolute atomic E-state index is 0.0552. The van der Waals surface area contributed by atoms with E-state index in [4.69, 9.17) is 10.2 Å². The van der Waals surface area contributed by atoms with Crippen molar-refractivity contribution < 1.29 is 54.5 Å². The van der Waals surface area contributed by atoms with Gasteiger partial charge in [-0.05, 0) is 0 Å². The highest BCUT2D eigenvalue weighted by Gasteiger charge is 2.39. The highest BCUT2D eigenvalue weighted by atomic mass is 16.6. The van der Waals surface area contributed by atoms with Crippen molar-refractivity contribution >= 4 is 18.0 Å². The zero-order valence-electron chi connectivity index (χ0n) is 12.2. The largest absolute Gasteiger partial charge is 0.450 e. The fourth-order valence-corrected chi connectivity index (χ4v) is 1.51. The molecule has 0 aliphatic rings. The van der Waals surface area contributed by atoms with Crippen LogP contribution in [-0.2, 0) is 23.9 Å². The molecule has 0 aromatic carbocycles. The van der Waals surface area contributed by atoms with Crippen LogP contribution in [0.25, 0.3) is 0 Å². The van der Waals surface area contributed by atoms with E-state index in [2.05, 4.69) is 9.47 Å². The molecule has 0 fully saturated rings. The Morgan fingerprint density at radius 2 is 1.65 bits per heavy atom. The molecule has 0 saturated heterocycles. The van der Waals surface area contributed by atoms with Crippen molar-refractivity contribution in [1.82, 2.24) is 0 Å². The quantitative estimate of drug-likeness (QED) is 0.156. The molecular formula is C12H20O11. The number of aliphatic hydroxyl groups is 6. The Morgan fingerprint density at radius 1 is 1.09 bits per heavy atom. The van der Waals surface area contributed by atoms with Gasteiger partial charge in [-0.25, -0.2) is 4.79 Å². The predicted molar refractivity (Wildman–Crippen MR) is 69.9 cm³/mol. The fourth-order valence-electron chi connectivity index (χ4n) is 1.51. The Balaban J connectivity index is 4.98. The Kier molecular flexibility index (Phi) is 9.67. The van der Waals surface area contributed by atoms with Gasteiger partial charge < -0.3 is 40.1 Å². The Morgan fingerprint density at radius 3 is 2.04 bits per heavy atom. The molecule has 0 rings (SSSR count). The van der Waals surface area contributed by atoms with E-state index in [0.29, 0.717) is 0 Å². The van der Waals surface area contributed by atoms with Crippen molar-refractivity contribution in [3.8, 4) is 0 Å². The lowest BCUT2D eigenvalue weighted by molar-refractivity contribution is -0.180. The van der Waals surface area contributed by atoms with E-state index in [0.717, 1.165) is 7.11 Å². The summed E-state index contributed by atoms with van der Waals surface area (Å²) in [6.45, 7) is -1.90. The number of esters is 1. The number of ether oxygens (including phenoxy) is 2. The molecule has 0 spiro atoms. The molecule has 0 unspecified atom stereocenters. The Bertz CT molecular complexity index is 398. The number of aliphatic hydroxyl groups excluding tert-OH is 6. The summed E-state index contributed by atoms with van der Waals surface area (Å²) in [6.07, 6.45) is -11.8. The third-order valence-corrected chi connectivity index (χ3v) is 2.87. The molecule has 0 aliphatic heterocycles. The summed E-state index contributed by atoms with van der Waals surface area (Å²) < 4.78 is 8.99. The standard InChI is InChI=1S/C12H20O11/c1-22-11(9(19)6(17)3-14)10(20)12(21)23-7(4-15)8(18)5(16)2-13/h4-8,10-11,13-14,16-18,20H,2-3H2,1H3/t5-,6+,7+,8+,10+,11+/m1/s1. The number of Topliss-reactive ketones (excluding diaryl/α,β-unsaturated/α-hetero) is 1. The maximum atomic E-state index is 11.7. The smallest absolute Gasteiger partial charge is 0.339 e. The summed E-state index contributed by atoms with van der Waals surface area (Å²) in [4.78, 5) is 34.1. The topological polar surface area (TPSA) is 191 Å². The zero-order chi connectivity index (χ0) is 18.2. The lowest BCUT2D eigenvalue weighted by Crippen LogP contribution is -2.50. The molecule has 23 heavy (non-hydrogen) atoms. The predicted octanol–water partition coefficient (Wildman–Crippen LogP) is -4.89. The number of hydrogen-bond donors (Lipinski definition) is 6.